The highest BCUT2D eigenvalue weighted by atomic mass is 16.4. The first-order valence-electron chi connectivity index (χ1n) is 9.56. The van der Waals surface area contributed by atoms with Gasteiger partial charge < -0.3 is 25.0 Å². The molecule has 0 spiro atoms. The number of aromatic hydroxyl groups is 1. The third-order valence-electron chi connectivity index (χ3n) is 6.12. The molecular weight excluding hydrogens is 358 g/mol. The Morgan fingerprint density at radius 3 is 2.32 bits per heavy atom. The molecule has 2 aromatic rings. The van der Waals surface area contributed by atoms with Crippen molar-refractivity contribution in [3.63, 3.8) is 0 Å². The summed E-state index contributed by atoms with van der Waals surface area (Å²) in [4.78, 5) is 30.7. The summed E-state index contributed by atoms with van der Waals surface area (Å²) in [5.74, 6) is -0.414. The van der Waals surface area contributed by atoms with Crippen LogP contribution >= 0.6 is 0 Å². The largest absolute Gasteiger partial charge is 0.506 e. The number of nitrogens with zero attached hydrogens (tertiary/aromatic N) is 2. The van der Waals surface area contributed by atoms with Gasteiger partial charge in [-0.2, -0.15) is 0 Å². The Hall–Kier alpha value is -2.80. The van der Waals surface area contributed by atoms with Crippen molar-refractivity contribution in [1.29, 1.82) is 0 Å². The molecule has 2 aliphatic rings. The molecule has 1 saturated carbocycles. The molecule has 4 rings (SSSR count). The Kier molecular flexibility index (Phi) is 4.42. The van der Waals surface area contributed by atoms with Gasteiger partial charge in [-0.3, -0.25) is 4.79 Å². The predicted molar refractivity (Wildman–Crippen MR) is 107 cm³/mol. The van der Waals surface area contributed by atoms with Crippen LogP contribution in [0.4, 0.5) is 5.69 Å². The lowest BCUT2D eigenvalue weighted by Crippen LogP contribution is -2.30. The van der Waals surface area contributed by atoms with Gasteiger partial charge in [0.25, 0.3) is 5.56 Å². The van der Waals surface area contributed by atoms with Crippen molar-refractivity contribution in [3.8, 4) is 17.0 Å². The molecule has 0 radical (unpaired) electrons. The summed E-state index contributed by atoms with van der Waals surface area (Å²) in [6.45, 7) is 3.92. The Balaban J connectivity index is 1.60. The fourth-order valence-corrected chi connectivity index (χ4v) is 4.73. The number of carbonyl (C=O) groups is 1. The number of aromatic nitrogens is 1. The van der Waals surface area contributed by atoms with Crippen molar-refractivity contribution in [2.24, 2.45) is 11.8 Å². The van der Waals surface area contributed by atoms with Crippen LogP contribution in [-0.4, -0.2) is 59.3 Å². The standard InChI is InChI=1S/C21H25N3O4/c1-4-13-17(22-20(26)16(19(13)25)21(27)28)11-5-7-12(8-6-11)24-9-14-15(10-24)18(14)23(2)3/h5-8,14-15,18H,4,9-10H2,1-3H3,(H,27,28)(H2,22,25,26)/t14-,15+,18-. The van der Waals surface area contributed by atoms with Gasteiger partial charge in [0, 0.05) is 30.4 Å². The molecule has 1 aliphatic heterocycles. The zero-order valence-electron chi connectivity index (χ0n) is 16.3. The Morgan fingerprint density at radius 1 is 1.21 bits per heavy atom. The van der Waals surface area contributed by atoms with Crippen LogP contribution in [-0.2, 0) is 6.42 Å². The number of pyridine rings is 1. The lowest BCUT2D eigenvalue weighted by Gasteiger charge is -2.24. The number of fused-ring (bicyclic) bond motifs is 1. The minimum Gasteiger partial charge on any atom is -0.506 e. The van der Waals surface area contributed by atoms with Crippen LogP contribution in [0.15, 0.2) is 29.1 Å². The van der Waals surface area contributed by atoms with Crippen molar-refractivity contribution in [2.45, 2.75) is 19.4 Å². The van der Waals surface area contributed by atoms with Gasteiger partial charge in [-0.1, -0.05) is 19.1 Å². The van der Waals surface area contributed by atoms with E-state index in [1.54, 1.807) is 0 Å². The fourth-order valence-electron chi connectivity index (χ4n) is 4.73. The summed E-state index contributed by atoms with van der Waals surface area (Å²) in [5.41, 5.74) is 1.39. The summed E-state index contributed by atoms with van der Waals surface area (Å²) >= 11 is 0. The summed E-state index contributed by atoms with van der Waals surface area (Å²) < 4.78 is 0. The number of H-pyrrole nitrogens is 1. The first-order chi connectivity index (χ1) is 13.3. The lowest BCUT2D eigenvalue weighted by molar-refractivity contribution is 0.0691. The Labute approximate surface area is 163 Å². The Bertz CT molecular complexity index is 968. The molecule has 7 nitrogen and oxygen atoms in total. The normalized spacial score (nSPS) is 23.1. The van der Waals surface area contributed by atoms with E-state index in [1.807, 2.05) is 31.2 Å². The number of benzene rings is 1. The molecule has 28 heavy (non-hydrogen) atoms. The number of piperidine rings is 1. The number of hydrogen-bond donors (Lipinski definition) is 3. The third kappa shape index (κ3) is 2.86. The molecular formula is C21H25N3O4. The van der Waals surface area contributed by atoms with Gasteiger partial charge in [0.2, 0.25) is 0 Å². The van der Waals surface area contributed by atoms with Gasteiger partial charge in [-0.05, 0) is 50.0 Å². The van der Waals surface area contributed by atoms with Crippen LogP contribution in [0.3, 0.4) is 0 Å². The van der Waals surface area contributed by atoms with Crippen LogP contribution in [0, 0.1) is 11.8 Å². The highest BCUT2D eigenvalue weighted by Crippen LogP contribution is 2.49. The number of hydrogen-bond acceptors (Lipinski definition) is 5. The first-order valence-corrected chi connectivity index (χ1v) is 9.56. The van der Waals surface area contributed by atoms with Gasteiger partial charge in [0.15, 0.2) is 5.56 Å². The predicted octanol–water partition coefficient (Wildman–Crippen LogP) is 2.00. The number of rotatable bonds is 5. The maximum absolute atomic E-state index is 12.1. The minimum absolute atomic E-state index is 0.404. The van der Waals surface area contributed by atoms with Crippen LogP contribution in [0.25, 0.3) is 11.3 Å². The van der Waals surface area contributed by atoms with E-state index in [9.17, 15) is 19.8 Å². The van der Waals surface area contributed by atoms with Gasteiger partial charge >= 0.3 is 5.97 Å². The average Bonchev–Trinajstić information content (AvgIpc) is 3.16. The summed E-state index contributed by atoms with van der Waals surface area (Å²) in [5, 5.41) is 19.5. The maximum atomic E-state index is 12.1. The molecule has 0 unspecified atom stereocenters. The second kappa shape index (κ2) is 6.67. The van der Waals surface area contributed by atoms with Gasteiger partial charge in [0.1, 0.15) is 5.75 Å². The fraction of sp³-hybridized carbons (Fsp3) is 0.429. The molecule has 1 saturated heterocycles. The minimum atomic E-state index is -1.43. The smallest absolute Gasteiger partial charge is 0.345 e. The monoisotopic (exact) mass is 383 g/mol. The summed E-state index contributed by atoms with van der Waals surface area (Å²) in [6.07, 6.45) is 0.404. The third-order valence-corrected chi connectivity index (χ3v) is 6.12. The SMILES string of the molecule is CCc1c(-c2ccc(N3C[C@@H]4[C@H](C3)[C@@H]4N(C)C)cc2)[nH]c(=O)c(C(=O)O)c1O. The molecule has 3 N–H and O–H groups in total. The first kappa shape index (κ1) is 18.6. The number of carboxylic acids is 1. The summed E-state index contributed by atoms with van der Waals surface area (Å²) in [6, 6.07) is 8.55. The number of aromatic carboxylic acids is 1. The van der Waals surface area contributed by atoms with E-state index in [2.05, 4.69) is 28.9 Å². The quantitative estimate of drug-likeness (QED) is 0.731. The Morgan fingerprint density at radius 2 is 1.82 bits per heavy atom. The average molecular weight is 383 g/mol. The summed E-state index contributed by atoms with van der Waals surface area (Å²) in [7, 11) is 4.28. The van der Waals surface area contributed by atoms with Crippen molar-refractivity contribution in [1.82, 2.24) is 9.88 Å². The van der Waals surface area contributed by atoms with Crippen LogP contribution in [0.5, 0.6) is 5.75 Å². The second-order valence-electron chi connectivity index (χ2n) is 7.92. The van der Waals surface area contributed by atoms with Crippen molar-refractivity contribution >= 4 is 11.7 Å². The van der Waals surface area contributed by atoms with Crippen molar-refractivity contribution in [3.05, 3.63) is 45.7 Å². The molecule has 2 fully saturated rings. The van der Waals surface area contributed by atoms with Gasteiger partial charge in [0.05, 0.1) is 5.69 Å². The molecule has 7 heteroatoms. The zero-order valence-corrected chi connectivity index (χ0v) is 16.3. The molecule has 1 aromatic heterocycles. The van der Waals surface area contributed by atoms with E-state index in [4.69, 9.17) is 0 Å². The van der Waals surface area contributed by atoms with E-state index in [0.29, 0.717) is 23.7 Å². The zero-order chi connectivity index (χ0) is 20.2. The molecule has 0 bridgehead atoms. The molecule has 1 aromatic carbocycles. The van der Waals surface area contributed by atoms with Crippen molar-refractivity contribution in [2.75, 3.05) is 32.1 Å². The lowest BCUT2D eigenvalue weighted by atomic mass is 10.0. The van der Waals surface area contributed by atoms with Crippen LogP contribution in [0.2, 0.25) is 0 Å². The number of aromatic amines is 1. The van der Waals surface area contributed by atoms with Gasteiger partial charge in [-0.15, -0.1) is 0 Å². The maximum Gasteiger partial charge on any atom is 0.345 e. The molecule has 0 amide bonds. The highest BCUT2D eigenvalue weighted by molar-refractivity contribution is 5.92. The van der Waals surface area contributed by atoms with E-state index >= 15 is 0 Å². The molecule has 148 valence electrons. The van der Waals surface area contributed by atoms with Crippen LogP contribution in [0.1, 0.15) is 22.8 Å². The van der Waals surface area contributed by atoms with E-state index in [0.717, 1.165) is 36.2 Å². The molecule has 3 atom stereocenters. The van der Waals surface area contributed by atoms with Crippen molar-refractivity contribution < 1.29 is 15.0 Å². The van der Waals surface area contributed by atoms with Crippen LogP contribution < -0.4 is 10.5 Å². The number of anilines is 1. The molecule has 1 aliphatic carbocycles. The number of nitrogens with one attached hydrogen (secondary N) is 1. The number of carboxylic acid groups (broad SMARTS) is 1. The highest BCUT2D eigenvalue weighted by Gasteiger charge is 2.56. The van der Waals surface area contributed by atoms with E-state index < -0.39 is 22.8 Å². The second-order valence-corrected chi connectivity index (χ2v) is 7.92. The molecule has 2 heterocycles. The van der Waals surface area contributed by atoms with E-state index in [1.165, 1.54) is 0 Å². The van der Waals surface area contributed by atoms with Gasteiger partial charge in [-0.25, -0.2) is 4.79 Å². The topological polar surface area (TPSA) is 96.9 Å². The van der Waals surface area contributed by atoms with E-state index in [-0.39, 0.29) is 0 Å².